The summed E-state index contributed by atoms with van der Waals surface area (Å²) >= 11 is 6.00. The molecule has 2 aromatic carbocycles. The fraction of sp³-hybridized carbons (Fsp3) is 0.263. The number of carbonyl (C=O) groups excluding carboxylic acids is 2. The van der Waals surface area contributed by atoms with E-state index in [4.69, 9.17) is 16.3 Å². The van der Waals surface area contributed by atoms with Crippen LogP contribution in [0.4, 0.5) is 5.69 Å². The molecule has 0 aliphatic rings. The highest BCUT2D eigenvalue weighted by atomic mass is 35.5. The van der Waals surface area contributed by atoms with Gasteiger partial charge in [0.1, 0.15) is 5.75 Å². The number of aryl methyl sites for hydroxylation is 1. The molecule has 0 bridgehead atoms. The summed E-state index contributed by atoms with van der Waals surface area (Å²) in [6.45, 7) is 5.24. The highest BCUT2D eigenvalue weighted by Gasteiger charge is 2.19. The Kier molecular flexibility index (Phi) is 5.99. The van der Waals surface area contributed by atoms with Gasteiger partial charge >= 0.3 is 0 Å². The zero-order valence-electron chi connectivity index (χ0n) is 13.9. The third-order valence-electron chi connectivity index (χ3n) is 3.61. The maximum absolute atomic E-state index is 12.4. The highest BCUT2D eigenvalue weighted by molar-refractivity contribution is 6.31. The number of ketones is 1. The molecule has 1 atom stereocenters. The van der Waals surface area contributed by atoms with Crippen molar-refractivity contribution in [2.45, 2.75) is 33.3 Å². The SMILES string of the molecule is CCC(Oc1ccc(Cl)c(C)c1)C(=O)Nc1cccc(C(C)=O)c1. The molecule has 0 aromatic heterocycles. The summed E-state index contributed by atoms with van der Waals surface area (Å²) in [4.78, 5) is 23.9. The largest absolute Gasteiger partial charge is 0.481 e. The lowest BCUT2D eigenvalue weighted by Gasteiger charge is -2.18. The van der Waals surface area contributed by atoms with E-state index in [1.807, 2.05) is 13.8 Å². The molecule has 0 saturated carbocycles. The van der Waals surface area contributed by atoms with Gasteiger partial charge in [-0.1, -0.05) is 30.7 Å². The number of rotatable bonds is 6. The Morgan fingerprint density at radius 1 is 1.21 bits per heavy atom. The molecular formula is C19H20ClNO3. The molecule has 0 heterocycles. The second kappa shape index (κ2) is 7.97. The van der Waals surface area contributed by atoms with E-state index in [0.29, 0.717) is 28.4 Å². The summed E-state index contributed by atoms with van der Waals surface area (Å²) in [6.07, 6.45) is -0.119. The number of halogens is 1. The Balaban J connectivity index is 2.09. The molecule has 1 unspecified atom stereocenters. The average molecular weight is 346 g/mol. The van der Waals surface area contributed by atoms with Gasteiger partial charge in [-0.05, 0) is 56.2 Å². The van der Waals surface area contributed by atoms with Crippen LogP contribution < -0.4 is 10.1 Å². The van der Waals surface area contributed by atoms with E-state index in [0.717, 1.165) is 5.56 Å². The van der Waals surface area contributed by atoms with Crippen molar-refractivity contribution in [1.82, 2.24) is 0 Å². The highest BCUT2D eigenvalue weighted by Crippen LogP contribution is 2.23. The van der Waals surface area contributed by atoms with Crippen LogP contribution in [0, 0.1) is 6.92 Å². The molecule has 0 spiro atoms. The van der Waals surface area contributed by atoms with Gasteiger partial charge in [-0.2, -0.15) is 0 Å². The van der Waals surface area contributed by atoms with Crippen molar-refractivity contribution >= 4 is 29.0 Å². The number of benzene rings is 2. The number of carbonyl (C=O) groups is 2. The van der Waals surface area contributed by atoms with E-state index >= 15 is 0 Å². The molecule has 0 aliphatic heterocycles. The molecule has 2 aromatic rings. The first kappa shape index (κ1) is 18.0. The molecule has 0 aliphatic carbocycles. The molecule has 0 radical (unpaired) electrons. The van der Waals surface area contributed by atoms with Crippen LogP contribution in [-0.2, 0) is 4.79 Å². The van der Waals surface area contributed by atoms with Gasteiger partial charge in [0.2, 0.25) is 0 Å². The average Bonchev–Trinajstić information content (AvgIpc) is 2.55. The smallest absolute Gasteiger partial charge is 0.265 e. The van der Waals surface area contributed by atoms with Crippen LogP contribution in [0.3, 0.4) is 0 Å². The van der Waals surface area contributed by atoms with Crippen molar-refractivity contribution in [3.8, 4) is 5.75 Å². The summed E-state index contributed by atoms with van der Waals surface area (Å²) in [6, 6.07) is 12.1. The third kappa shape index (κ3) is 4.59. The van der Waals surface area contributed by atoms with Crippen molar-refractivity contribution in [2.24, 2.45) is 0 Å². The normalized spacial score (nSPS) is 11.7. The van der Waals surface area contributed by atoms with Crippen molar-refractivity contribution in [2.75, 3.05) is 5.32 Å². The molecule has 2 rings (SSSR count). The van der Waals surface area contributed by atoms with E-state index < -0.39 is 6.10 Å². The number of ether oxygens (including phenoxy) is 1. The van der Waals surface area contributed by atoms with E-state index in [2.05, 4.69) is 5.32 Å². The quantitative estimate of drug-likeness (QED) is 0.775. The lowest BCUT2D eigenvalue weighted by Crippen LogP contribution is -2.32. The summed E-state index contributed by atoms with van der Waals surface area (Å²) < 4.78 is 5.77. The van der Waals surface area contributed by atoms with Crippen molar-refractivity contribution in [3.63, 3.8) is 0 Å². The van der Waals surface area contributed by atoms with Gasteiger partial charge in [-0.25, -0.2) is 0 Å². The van der Waals surface area contributed by atoms with E-state index in [-0.39, 0.29) is 11.7 Å². The van der Waals surface area contributed by atoms with Crippen LogP contribution in [-0.4, -0.2) is 17.8 Å². The Bertz CT molecular complexity index is 758. The lowest BCUT2D eigenvalue weighted by molar-refractivity contribution is -0.122. The minimum absolute atomic E-state index is 0.0500. The van der Waals surface area contributed by atoms with Crippen LogP contribution in [0.15, 0.2) is 42.5 Å². The molecule has 0 fully saturated rings. The first-order chi connectivity index (χ1) is 11.4. The van der Waals surface area contributed by atoms with Crippen molar-refractivity contribution in [3.05, 3.63) is 58.6 Å². The molecule has 1 N–H and O–H groups in total. The van der Waals surface area contributed by atoms with Crippen LogP contribution in [0.25, 0.3) is 0 Å². The predicted molar refractivity (Wildman–Crippen MR) is 96.0 cm³/mol. The number of hydrogen-bond acceptors (Lipinski definition) is 3. The predicted octanol–water partition coefficient (Wildman–Crippen LogP) is 4.65. The van der Waals surface area contributed by atoms with Crippen LogP contribution in [0.5, 0.6) is 5.75 Å². The summed E-state index contributed by atoms with van der Waals surface area (Å²) in [5, 5.41) is 3.45. The Morgan fingerprint density at radius 3 is 2.58 bits per heavy atom. The molecule has 126 valence electrons. The molecule has 24 heavy (non-hydrogen) atoms. The number of Topliss-reactive ketones (excluding diaryl/α,β-unsaturated/α-hetero) is 1. The molecule has 1 amide bonds. The summed E-state index contributed by atoms with van der Waals surface area (Å²) in [7, 11) is 0. The maximum atomic E-state index is 12.4. The topological polar surface area (TPSA) is 55.4 Å². The van der Waals surface area contributed by atoms with E-state index in [1.54, 1.807) is 42.5 Å². The van der Waals surface area contributed by atoms with Crippen molar-refractivity contribution < 1.29 is 14.3 Å². The van der Waals surface area contributed by atoms with Crippen LogP contribution >= 0.6 is 11.6 Å². The molecular weight excluding hydrogens is 326 g/mol. The minimum Gasteiger partial charge on any atom is -0.481 e. The van der Waals surface area contributed by atoms with E-state index in [1.165, 1.54) is 6.92 Å². The fourth-order valence-corrected chi connectivity index (χ4v) is 2.33. The van der Waals surface area contributed by atoms with Gasteiger partial charge in [0, 0.05) is 16.3 Å². The zero-order chi connectivity index (χ0) is 17.7. The third-order valence-corrected chi connectivity index (χ3v) is 4.03. The van der Waals surface area contributed by atoms with Crippen LogP contribution in [0.2, 0.25) is 5.02 Å². The number of anilines is 1. The van der Waals surface area contributed by atoms with Gasteiger partial charge < -0.3 is 10.1 Å². The fourth-order valence-electron chi connectivity index (χ4n) is 2.22. The van der Waals surface area contributed by atoms with Crippen LogP contribution in [0.1, 0.15) is 36.2 Å². The van der Waals surface area contributed by atoms with Gasteiger partial charge in [0.05, 0.1) is 0 Å². The standard InChI is InChI=1S/C19H20ClNO3/c1-4-18(24-16-8-9-17(20)12(2)10-16)19(23)21-15-7-5-6-14(11-15)13(3)22/h5-11,18H,4H2,1-3H3,(H,21,23). The Labute approximate surface area is 146 Å². The molecule has 5 heteroatoms. The van der Waals surface area contributed by atoms with Crippen molar-refractivity contribution in [1.29, 1.82) is 0 Å². The number of nitrogens with one attached hydrogen (secondary N) is 1. The second-order valence-corrected chi connectivity index (χ2v) is 5.96. The molecule has 4 nitrogen and oxygen atoms in total. The number of hydrogen-bond donors (Lipinski definition) is 1. The van der Waals surface area contributed by atoms with Gasteiger partial charge in [0.25, 0.3) is 5.91 Å². The lowest BCUT2D eigenvalue weighted by atomic mass is 10.1. The zero-order valence-corrected chi connectivity index (χ0v) is 14.7. The van der Waals surface area contributed by atoms with Gasteiger partial charge in [-0.15, -0.1) is 0 Å². The monoisotopic (exact) mass is 345 g/mol. The minimum atomic E-state index is -0.633. The Morgan fingerprint density at radius 2 is 1.96 bits per heavy atom. The first-order valence-electron chi connectivity index (χ1n) is 7.75. The Hall–Kier alpha value is -2.33. The second-order valence-electron chi connectivity index (χ2n) is 5.55. The van der Waals surface area contributed by atoms with Gasteiger partial charge in [-0.3, -0.25) is 9.59 Å². The van der Waals surface area contributed by atoms with Gasteiger partial charge in [0.15, 0.2) is 11.9 Å². The summed E-state index contributed by atoms with van der Waals surface area (Å²) in [5.41, 5.74) is 2.01. The first-order valence-corrected chi connectivity index (χ1v) is 8.13. The maximum Gasteiger partial charge on any atom is 0.265 e. The molecule has 0 saturated heterocycles. The van der Waals surface area contributed by atoms with E-state index in [9.17, 15) is 9.59 Å². The number of amides is 1. The summed E-state index contributed by atoms with van der Waals surface area (Å²) in [5.74, 6) is 0.285.